The molecule has 0 bridgehead atoms. The van der Waals surface area contributed by atoms with E-state index in [1.165, 1.54) is 0 Å². The second-order valence-corrected chi connectivity index (χ2v) is 6.43. The van der Waals surface area contributed by atoms with Gasteiger partial charge in [-0.3, -0.25) is 9.78 Å². The van der Waals surface area contributed by atoms with Crippen LogP contribution in [0, 0.1) is 6.92 Å². The number of ether oxygens (including phenoxy) is 1. The van der Waals surface area contributed by atoms with E-state index in [1.807, 2.05) is 31.2 Å². The summed E-state index contributed by atoms with van der Waals surface area (Å²) >= 11 is 0. The standard InChI is InChI=1S/C18H21N5O2/c1-12-6-3-4-8-15(12)23-10-14-16(21-23)19-18(20-17(14)24)22-9-5-7-13(22)11-25-2/h3-4,6,8,10,13H,5,7,9,11H2,1-2H3,(H,19,20,21,24)/t13-/m1/s1. The summed E-state index contributed by atoms with van der Waals surface area (Å²) in [7, 11) is 1.69. The van der Waals surface area contributed by atoms with E-state index in [0.29, 0.717) is 23.6 Å². The van der Waals surface area contributed by atoms with E-state index >= 15 is 0 Å². The van der Waals surface area contributed by atoms with Crippen molar-refractivity contribution >= 4 is 17.0 Å². The zero-order chi connectivity index (χ0) is 17.4. The number of methoxy groups -OCH3 is 1. The van der Waals surface area contributed by atoms with Crippen LogP contribution in [-0.2, 0) is 4.74 Å². The number of anilines is 1. The van der Waals surface area contributed by atoms with Crippen molar-refractivity contribution in [1.82, 2.24) is 19.7 Å². The quantitative estimate of drug-likeness (QED) is 0.787. The number of aromatic nitrogens is 4. The molecule has 3 heterocycles. The predicted molar refractivity (Wildman–Crippen MR) is 96.5 cm³/mol. The fourth-order valence-electron chi connectivity index (χ4n) is 3.46. The Morgan fingerprint density at radius 2 is 2.20 bits per heavy atom. The van der Waals surface area contributed by atoms with Gasteiger partial charge < -0.3 is 9.64 Å². The Morgan fingerprint density at radius 3 is 3.00 bits per heavy atom. The zero-order valence-electron chi connectivity index (χ0n) is 14.4. The van der Waals surface area contributed by atoms with Gasteiger partial charge >= 0.3 is 0 Å². The van der Waals surface area contributed by atoms with E-state index in [9.17, 15) is 4.79 Å². The lowest BCUT2D eigenvalue weighted by Gasteiger charge is -2.24. The van der Waals surface area contributed by atoms with Crippen LogP contribution >= 0.6 is 0 Å². The summed E-state index contributed by atoms with van der Waals surface area (Å²) in [6.07, 6.45) is 3.84. The highest BCUT2D eigenvalue weighted by atomic mass is 16.5. The molecule has 3 aromatic rings. The highest BCUT2D eigenvalue weighted by molar-refractivity contribution is 5.74. The van der Waals surface area contributed by atoms with E-state index < -0.39 is 0 Å². The SMILES string of the molecule is COC[C@H]1CCCN1c1nc2nn(-c3ccccc3C)cc2c(=O)[nH]1. The molecule has 4 rings (SSSR count). The van der Waals surface area contributed by atoms with Crippen molar-refractivity contribution in [2.24, 2.45) is 0 Å². The van der Waals surface area contributed by atoms with Gasteiger partial charge in [0.1, 0.15) is 5.39 Å². The van der Waals surface area contributed by atoms with Gasteiger partial charge in [-0.2, -0.15) is 4.98 Å². The van der Waals surface area contributed by atoms with E-state index in [1.54, 1.807) is 18.0 Å². The van der Waals surface area contributed by atoms with Crippen LogP contribution < -0.4 is 10.5 Å². The second-order valence-electron chi connectivity index (χ2n) is 6.43. The van der Waals surface area contributed by atoms with Gasteiger partial charge in [0.15, 0.2) is 5.65 Å². The number of aryl methyl sites for hydroxylation is 1. The molecule has 7 nitrogen and oxygen atoms in total. The summed E-state index contributed by atoms with van der Waals surface area (Å²) < 4.78 is 7.01. The Labute approximate surface area is 145 Å². The number of H-pyrrole nitrogens is 1. The number of fused-ring (bicyclic) bond motifs is 1. The lowest BCUT2D eigenvalue weighted by atomic mass is 10.2. The molecule has 130 valence electrons. The zero-order valence-corrected chi connectivity index (χ0v) is 14.4. The molecule has 7 heteroatoms. The molecule has 0 aliphatic carbocycles. The summed E-state index contributed by atoms with van der Waals surface area (Å²) in [6, 6.07) is 8.17. The number of nitrogens with one attached hydrogen (secondary N) is 1. The van der Waals surface area contributed by atoms with Crippen LogP contribution in [0.25, 0.3) is 16.7 Å². The molecular weight excluding hydrogens is 318 g/mol. The summed E-state index contributed by atoms with van der Waals surface area (Å²) in [6.45, 7) is 3.50. The molecule has 0 unspecified atom stereocenters. The molecule has 1 aromatic carbocycles. The van der Waals surface area contributed by atoms with Crippen molar-refractivity contribution in [1.29, 1.82) is 0 Å². The summed E-state index contributed by atoms with van der Waals surface area (Å²) in [5, 5.41) is 5.03. The molecule has 0 amide bonds. The summed E-state index contributed by atoms with van der Waals surface area (Å²) in [4.78, 5) is 22.2. The normalized spacial score (nSPS) is 17.5. The lowest BCUT2D eigenvalue weighted by Crippen LogP contribution is -2.35. The number of hydrogen-bond acceptors (Lipinski definition) is 5. The van der Waals surface area contributed by atoms with E-state index in [4.69, 9.17) is 4.74 Å². The van der Waals surface area contributed by atoms with Crippen LogP contribution in [0.3, 0.4) is 0 Å². The van der Waals surface area contributed by atoms with E-state index in [-0.39, 0.29) is 11.6 Å². The first kappa shape index (κ1) is 15.8. The third-order valence-corrected chi connectivity index (χ3v) is 4.75. The third-order valence-electron chi connectivity index (χ3n) is 4.75. The van der Waals surface area contributed by atoms with Crippen molar-refractivity contribution < 1.29 is 4.74 Å². The first-order chi connectivity index (χ1) is 12.2. The maximum Gasteiger partial charge on any atom is 0.263 e. The Hall–Kier alpha value is -2.67. The molecule has 1 saturated heterocycles. The number of nitrogens with zero attached hydrogens (tertiary/aromatic N) is 4. The van der Waals surface area contributed by atoms with Crippen LogP contribution in [0.15, 0.2) is 35.3 Å². The van der Waals surface area contributed by atoms with Gasteiger partial charge in [-0.1, -0.05) is 18.2 Å². The minimum atomic E-state index is -0.164. The van der Waals surface area contributed by atoms with Crippen LogP contribution in [0.1, 0.15) is 18.4 Å². The van der Waals surface area contributed by atoms with Gasteiger partial charge in [0, 0.05) is 19.9 Å². The van der Waals surface area contributed by atoms with Crippen LogP contribution in [0.4, 0.5) is 5.95 Å². The largest absolute Gasteiger partial charge is 0.383 e. The van der Waals surface area contributed by atoms with E-state index in [2.05, 4.69) is 20.0 Å². The first-order valence-corrected chi connectivity index (χ1v) is 8.48. The topological polar surface area (TPSA) is 76.0 Å². The van der Waals surface area contributed by atoms with Crippen LogP contribution in [0.5, 0.6) is 0 Å². The van der Waals surface area contributed by atoms with Gasteiger partial charge in [0.2, 0.25) is 5.95 Å². The number of rotatable bonds is 4. The Bertz CT molecular complexity index is 961. The van der Waals surface area contributed by atoms with Crippen LogP contribution in [-0.4, -0.2) is 46.1 Å². The van der Waals surface area contributed by atoms with Crippen molar-refractivity contribution in [2.45, 2.75) is 25.8 Å². The molecular formula is C18H21N5O2. The molecule has 1 aliphatic heterocycles. The Morgan fingerprint density at radius 1 is 1.36 bits per heavy atom. The van der Waals surface area contributed by atoms with Crippen molar-refractivity contribution in [2.75, 3.05) is 25.2 Å². The molecule has 0 saturated carbocycles. The molecule has 1 aliphatic rings. The summed E-state index contributed by atoms with van der Waals surface area (Å²) in [5.74, 6) is 0.576. The average molecular weight is 339 g/mol. The van der Waals surface area contributed by atoms with Crippen molar-refractivity contribution in [3.05, 3.63) is 46.4 Å². The summed E-state index contributed by atoms with van der Waals surface area (Å²) in [5.41, 5.74) is 2.33. The molecule has 1 atom stereocenters. The van der Waals surface area contributed by atoms with Gasteiger partial charge in [0.05, 0.1) is 18.3 Å². The maximum atomic E-state index is 12.5. The van der Waals surface area contributed by atoms with Gasteiger partial charge in [-0.25, -0.2) is 4.68 Å². The number of hydrogen-bond donors (Lipinski definition) is 1. The Kier molecular flexibility index (Phi) is 4.01. The molecule has 0 radical (unpaired) electrons. The highest BCUT2D eigenvalue weighted by Gasteiger charge is 2.27. The van der Waals surface area contributed by atoms with Crippen molar-refractivity contribution in [3.63, 3.8) is 0 Å². The third kappa shape index (κ3) is 2.80. The predicted octanol–water partition coefficient (Wildman–Crippen LogP) is 2.03. The highest BCUT2D eigenvalue weighted by Crippen LogP contribution is 2.23. The maximum absolute atomic E-state index is 12.5. The number of aromatic amines is 1. The van der Waals surface area contributed by atoms with Crippen LogP contribution in [0.2, 0.25) is 0 Å². The Balaban J connectivity index is 1.78. The first-order valence-electron chi connectivity index (χ1n) is 8.48. The monoisotopic (exact) mass is 339 g/mol. The molecule has 1 N–H and O–H groups in total. The second kappa shape index (κ2) is 6.33. The van der Waals surface area contributed by atoms with Crippen molar-refractivity contribution in [3.8, 4) is 5.69 Å². The minimum absolute atomic E-state index is 0.164. The molecule has 25 heavy (non-hydrogen) atoms. The molecule has 0 spiro atoms. The van der Waals surface area contributed by atoms with Gasteiger partial charge in [-0.05, 0) is 31.4 Å². The smallest absolute Gasteiger partial charge is 0.263 e. The fourth-order valence-corrected chi connectivity index (χ4v) is 3.46. The van der Waals surface area contributed by atoms with Gasteiger partial charge in [0.25, 0.3) is 5.56 Å². The average Bonchev–Trinajstić information content (AvgIpc) is 3.22. The van der Waals surface area contributed by atoms with E-state index in [0.717, 1.165) is 30.6 Å². The number of para-hydroxylation sites is 1. The molecule has 1 fully saturated rings. The fraction of sp³-hybridized carbons (Fsp3) is 0.389. The van der Waals surface area contributed by atoms with Gasteiger partial charge in [-0.15, -0.1) is 5.10 Å². The molecule has 2 aromatic heterocycles. The lowest BCUT2D eigenvalue weighted by molar-refractivity contribution is 0.180. The number of benzene rings is 1. The minimum Gasteiger partial charge on any atom is -0.383 e.